The summed E-state index contributed by atoms with van der Waals surface area (Å²) in [6, 6.07) is 16.6. The molecule has 0 saturated carbocycles. The summed E-state index contributed by atoms with van der Waals surface area (Å²) in [6.07, 6.45) is 0. The van der Waals surface area contributed by atoms with E-state index in [4.69, 9.17) is 0 Å². The molecule has 5 heteroatoms. The van der Waals surface area contributed by atoms with Crippen molar-refractivity contribution in [3.8, 4) is 0 Å². The number of halogens is 1. The number of benzene rings is 2. The van der Waals surface area contributed by atoms with Gasteiger partial charge in [-0.25, -0.2) is 4.39 Å². The Morgan fingerprint density at radius 2 is 1.83 bits per heavy atom. The van der Waals surface area contributed by atoms with E-state index in [1.54, 1.807) is 12.1 Å². The van der Waals surface area contributed by atoms with Gasteiger partial charge < -0.3 is 9.80 Å². The van der Waals surface area contributed by atoms with Gasteiger partial charge in [0.2, 0.25) is 5.91 Å². The minimum absolute atomic E-state index is 0.0891. The highest BCUT2D eigenvalue weighted by atomic mass is 32.2. The van der Waals surface area contributed by atoms with Crippen LogP contribution in [0.4, 0.5) is 4.39 Å². The quantitative estimate of drug-likeness (QED) is 0.794. The predicted molar refractivity (Wildman–Crippen MR) is 95.5 cm³/mol. The zero-order chi connectivity index (χ0) is 16.9. The van der Waals surface area contributed by atoms with Crippen LogP contribution < -0.4 is 0 Å². The van der Waals surface area contributed by atoms with E-state index in [1.165, 1.54) is 29.5 Å². The first-order chi connectivity index (χ1) is 11.6. The lowest BCUT2D eigenvalue weighted by atomic mass is 10.0. The summed E-state index contributed by atoms with van der Waals surface area (Å²) < 4.78 is 13.0. The lowest BCUT2D eigenvalue weighted by Crippen LogP contribution is -2.49. The largest absolute Gasteiger partial charge is 0.332 e. The fraction of sp³-hybridized carbons (Fsp3) is 0.316. The van der Waals surface area contributed by atoms with Crippen molar-refractivity contribution >= 4 is 17.7 Å². The molecule has 3 rings (SSSR count). The van der Waals surface area contributed by atoms with E-state index >= 15 is 0 Å². The van der Waals surface area contributed by atoms with Gasteiger partial charge in [0.05, 0.1) is 11.8 Å². The first kappa shape index (κ1) is 17.0. The van der Waals surface area contributed by atoms with E-state index < -0.39 is 0 Å². The third kappa shape index (κ3) is 4.16. The summed E-state index contributed by atoms with van der Waals surface area (Å²) in [5, 5.41) is 0. The number of hydrogen-bond donors (Lipinski definition) is 0. The molecule has 1 fully saturated rings. The maximum Gasteiger partial charge on any atom is 0.233 e. The SMILES string of the molecule is CN1CCN(C(=O)CSc2ccc(F)cc2)[C@H](c2ccccc2)C1. The van der Waals surface area contributed by atoms with Crippen molar-refractivity contribution in [2.75, 3.05) is 32.4 Å². The van der Waals surface area contributed by atoms with Gasteiger partial charge in [-0.05, 0) is 36.9 Å². The summed E-state index contributed by atoms with van der Waals surface area (Å²) >= 11 is 1.46. The molecule has 24 heavy (non-hydrogen) atoms. The van der Waals surface area contributed by atoms with Gasteiger partial charge in [-0.3, -0.25) is 4.79 Å². The Morgan fingerprint density at radius 3 is 2.54 bits per heavy atom. The maximum atomic E-state index is 13.0. The highest BCUT2D eigenvalue weighted by molar-refractivity contribution is 8.00. The van der Waals surface area contributed by atoms with Crippen molar-refractivity contribution < 1.29 is 9.18 Å². The van der Waals surface area contributed by atoms with Crippen LogP contribution in [0.1, 0.15) is 11.6 Å². The van der Waals surface area contributed by atoms with Crippen molar-refractivity contribution in [2.24, 2.45) is 0 Å². The molecular formula is C19H21FN2OS. The van der Waals surface area contributed by atoms with Gasteiger partial charge in [0.1, 0.15) is 5.82 Å². The topological polar surface area (TPSA) is 23.6 Å². The predicted octanol–water partition coefficient (Wildman–Crippen LogP) is 3.43. The molecule has 2 aromatic rings. The number of nitrogens with zero attached hydrogens (tertiary/aromatic N) is 2. The molecule has 0 bridgehead atoms. The molecule has 0 radical (unpaired) electrons. The zero-order valence-electron chi connectivity index (χ0n) is 13.7. The molecule has 1 atom stereocenters. The summed E-state index contributed by atoms with van der Waals surface area (Å²) in [4.78, 5) is 17.9. The van der Waals surface area contributed by atoms with Gasteiger partial charge in [0.15, 0.2) is 0 Å². The highest BCUT2D eigenvalue weighted by Gasteiger charge is 2.29. The number of hydrogen-bond acceptors (Lipinski definition) is 3. The summed E-state index contributed by atoms with van der Waals surface area (Å²) in [5.41, 5.74) is 1.17. The van der Waals surface area contributed by atoms with E-state index in [1.807, 2.05) is 23.1 Å². The van der Waals surface area contributed by atoms with Crippen LogP contribution in [0.3, 0.4) is 0 Å². The molecule has 126 valence electrons. The molecule has 1 aliphatic rings. The minimum atomic E-state index is -0.256. The van der Waals surface area contributed by atoms with E-state index in [9.17, 15) is 9.18 Å². The third-order valence-electron chi connectivity index (χ3n) is 4.26. The van der Waals surface area contributed by atoms with Crippen molar-refractivity contribution in [3.63, 3.8) is 0 Å². The molecule has 3 nitrogen and oxygen atoms in total. The second-order valence-electron chi connectivity index (χ2n) is 6.02. The average molecular weight is 344 g/mol. The van der Waals surface area contributed by atoms with Gasteiger partial charge in [-0.15, -0.1) is 11.8 Å². The molecule has 1 amide bonds. The Hall–Kier alpha value is -1.85. The molecule has 1 aliphatic heterocycles. The van der Waals surface area contributed by atoms with Gasteiger partial charge in [-0.2, -0.15) is 0 Å². The van der Waals surface area contributed by atoms with Crippen molar-refractivity contribution in [3.05, 3.63) is 66.0 Å². The highest BCUT2D eigenvalue weighted by Crippen LogP contribution is 2.27. The third-order valence-corrected chi connectivity index (χ3v) is 5.26. The second-order valence-corrected chi connectivity index (χ2v) is 7.07. The van der Waals surface area contributed by atoms with Crippen LogP contribution in [0, 0.1) is 5.82 Å². The molecule has 0 unspecified atom stereocenters. The number of carbonyl (C=O) groups is 1. The van der Waals surface area contributed by atoms with Crippen LogP contribution >= 0.6 is 11.8 Å². The Bertz CT molecular complexity index is 678. The molecule has 1 saturated heterocycles. The van der Waals surface area contributed by atoms with E-state index in [0.717, 1.165) is 24.5 Å². The van der Waals surface area contributed by atoms with Crippen molar-refractivity contribution in [1.82, 2.24) is 9.80 Å². The summed E-state index contributed by atoms with van der Waals surface area (Å²) in [7, 11) is 2.09. The van der Waals surface area contributed by atoms with E-state index in [2.05, 4.69) is 24.1 Å². The van der Waals surface area contributed by atoms with Crippen LogP contribution in [0.5, 0.6) is 0 Å². The molecular weight excluding hydrogens is 323 g/mol. The van der Waals surface area contributed by atoms with Crippen LogP contribution in [0.25, 0.3) is 0 Å². The van der Waals surface area contributed by atoms with E-state index in [0.29, 0.717) is 5.75 Å². The number of rotatable bonds is 4. The maximum absolute atomic E-state index is 13.0. The normalized spacial score (nSPS) is 18.6. The number of piperazine rings is 1. The molecule has 0 spiro atoms. The lowest BCUT2D eigenvalue weighted by Gasteiger charge is -2.40. The monoisotopic (exact) mass is 344 g/mol. The number of likely N-dealkylation sites (N-methyl/N-ethyl adjacent to an activating group) is 1. The first-order valence-corrected chi connectivity index (χ1v) is 9.03. The smallest absolute Gasteiger partial charge is 0.233 e. The second kappa shape index (κ2) is 7.81. The lowest BCUT2D eigenvalue weighted by molar-refractivity contribution is -0.133. The fourth-order valence-corrected chi connectivity index (χ4v) is 3.72. The van der Waals surface area contributed by atoms with Crippen molar-refractivity contribution in [1.29, 1.82) is 0 Å². The zero-order valence-corrected chi connectivity index (χ0v) is 14.5. The summed E-state index contributed by atoms with van der Waals surface area (Å²) in [6.45, 7) is 2.46. The van der Waals surface area contributed by atoms with Crippen LogP contribution in [0.15, 0.2) is 59.5 Å². The standard InChI is InChI=1S/C19H21FN2OS/c1-21-11-12-22(18(13-21)15-5-3-2-4-6-15)19(23)14-24-17-9-7-16(20)8-10-17/h2-10,18H,11-14H2,1H3/t18-/m0/s1. The van der Waals surface area contributed by atoms with Crippen LogP contribution in [-0.2, 0) is 4.79 Å². The molecule has 0 aliphatic carbocycles. The van der Waals surface area contributed by atoms with Gasteiger partial charge in [0, 0.05) is 24.5 Å². The van der Waals surface area contributed by atoms with E-state index in [-0.39, 0.29) is 17.8 Å². The Kier molecular flexibility index (Phi) is 5.53. The van der Waals surface area contributed by atoms with Crippen molar-refractivity contribution in [2.45, 2.75) is 10.9 Å². The molecule has 0 aromatic heterocycles. The number of carbonyl (C=O) groups excluding carboxylic acids is 1. The minimum Gasteiger partial charge on any atom is -0.332 e. The summed E-state index contributed by atoms with van der Waals surface area (Å²) in [5.74, 6) is 0.249. The van der Waals surface area contributed by atoms with Gasteiger partial charge in [0.25, 0.3) is 0 Å². The molecule has 0 N–H and O–H groups in total. The van der Waals surface area contributed by atoms with Gasteiger partial charge >= 0.3 is 0 Å². The van der Waals surface area contributed by atoms with Gasteiger partial charge in [-0.1, -0.05) is 30.3 Å². The molecule has 1 heterocycles. The molecule has 2 aromatic carbocycles. The number of amides is 1. The Balaban J connectivity index is 1.68. The van der Waals surface area contributed by atoms with Crippen LogP contribution in [0.2, 0.25) is 0 Å². The number of thioether (sulfide) groups is 1. The average Bonchev–Trinajstić information content (AvgIpc) is 2.61. The Labute approximate surface area is 146 Å². The Morgan fingerprint density at radius 1 is 1.12 bits per heavy atom. The fourth-order valence-electron chi connectivity index (χ4n) is 2.94. The van der Waals surface area contributed by atoms with Crippen LogP contribution in [-0.4, -0.2) is 48.1 Å². The first-order valence-electron chi connectivity index (χ1n) is 8.05.